The van der Waals surface area contributed by atoms with Gasteiger partial charge in [0.2, 0.25) is 11.1 Å². The Bertz CT molecular complexity index is 1080. The van der Waals surface area contributed by atoms with E-state index in [2.05, 4.69) is 32.7 Å². The Morgan fingerprint density at radius 1 is 1.35 bits per heavy atom. The third-order valence-electron chi connectivity index (χ3n) is 4.14. The number of halogens is 1. The zero-order valence-electron chi connectivity index (χ0n) is 13.9. The zero-order valence-corrected chi connectivity index (χ0v) is 16.9. The normalized spacial score (nSPS) is 15.5. The van der Waals surface area contributed by atoms with Crippen molar-refractivity contribution in [3.63, 3.8) is 0 Å². The number of amides is 1. The number of para-hydroxylation sites is 1. The van der Waals surface area contributed by atoms with Crippen molar-refractivity contribution < 1.29 is 13.9 Å². The fraction of sp³-hybridized carbons (Fsp3) is 0.176. The van der Waals surface area contributed by atoms with Crippen LogP contribution in [-0.2, 0) is 4.79 Å². The van der Waals surface area contributed by atoms with Crippen LogP contribution in [0.5, 0.6) is 0 Å². The highest BCUT2D eigenvalue weighted by Crippen LogP contribution is 2.37. The number of hydrogen-bond acceptors (Lipinski definition) is 5. The molecule has 1 aromatic carbocycles. The van der Waals surface area contributed by atoms with Gasteiger partial charge in [0.15, 0.2) is 9.53 Å². The van der Waals surface area contributed by atoms with E-state index in [4.69, 9.17) is 4.42 Å². The molecule has 9 heteroatoms. The van der Waals surface area contributed by atoms with E-state index < -0.39 is 6.17 Å². The number of rotatable bonds is 2. The zero-order chi connectivity index (χ0) is 18.4. The minimum Gasteiger partial charge on any atom is -0.446 e. The minimum absolute atomic E-state index is 0.167. The average Bonchev–Trinajstić information content (AvgIpc) is 3.05. The summed E-state index contributed by atoms with van der Waals surface area (Å²) in [5, 5.41) is 5.02. The lowest BCUT2D eigenvalue weighted by atomic mass is 10.0. The second-order valence-corrected chi connectivity index (χ2v) is 7.54. The highest BCUT2D eigenvalue weighted by Gasteiger charge is 2.46. The number of aromatic amines is 1. The molecule has 0 spiro atoms. The Morgan fingerprint density at radius 2 is 2.12 bits per heavy atom. The molecule has 1 aliphatic rings. The molecule has 0 saturated carbocycles. The van der Waals surface area contributed by atoms with E-state index in [0.29, 0.717) is 31.6 Å². The molecule has 26 heavy (non-hydrogen) atoms. The topological polar surface area (TPSA) is 83.1 Å². The van der Waals surface area contributed by atoms with E-state index in [-0.39, 0.29) is 11.5 Å². The molecule has 0 radical (unpaired) electrons. The molecule has 1 N–H and O–H groups in total. The molecule has 7 nitrogen and oxygen atoms in total. The molecule has 4 rings (SSSR count). The summed E-state index contributed by atoms with van der Waals surface area (Å²) in [6.07, 6.45) is 1.16. The molecule has 1 aliphatic heterocycles. The molecule has 2 aromatic heterocycles. The predicted octanol–water partition coefficient (Wildman–Crippen LogP) is 2.56. The molecular weight excluding hydrogens is 467 g/mol. The van der Waals surface area contributed by atoms with Crippen LogP contribution in [0, 0.1) is 3.77 Å². The molecule has 0 aliphatic carbocycles. The number of furan rings is 1. The molecule has 132 valence electrons. The largest absolute Gasteiger partial charge is 0.446 e. The summed E-state index contributed by atoms with van der Waals surface area (Å²) in [5.41, 5.74) is 1.45. The molecule has 1 amide bonds. The highest BCUT2D eigenvalue weighted by molar-refractivity contribution is 14.1. The number of hydrogen-bond donors (Lipinski definition) is 1. The van der Waals surface area contributed by atoms with Crippen LogP contribution in [0.3, 0.4) is 0 Å². The lowest BCUT2D eigenvalue weighted by Crippen LogP contribution is -2.60. The quantitative estimate of drug-likeness (QED) is 0.346. The Labute approximate surface area is 166 Å². The lowest BCUT2D eigenvalue weighted by Gasteiger charge is -2.29. The SMILES string of the molecule is CSc1n[n+]2c(c(=O)[nH]1)-c1ccccc1N(C(C)=O)[C@@H]2c1ccc(I)o1. The van der Waals surface area contributed by atoms with Crippen LogP contribution in [0.2, 0.25) is 0 Å². The van der Waals surface area contributed by atoms with Gasteiger partial charge in [-0.3, -0.25) is 14.6 Å². The highest BCUT2D eigenvalue weighted by atomic mass is 127. The van der Waals surface area contributed by atoms with Crippen molar-refractivity contribution in [2.45, 2.75) is 18.2 Å². The molecule has 0 saturated heterocycles. The standard InChI is InChI=1S/C17H13IN4O3S/c1-9(23)21-11-6-4-3-5-10(11)14-15(24)19-17(26-2)20-22(14)16(21)12-7-8-13(18)25-12/h3-8,16H,1-2H3/p+1/t16-/m0/s1. The summed E-state index contributed by atoms with van der Waals surface area (Å²) in [6.45, 7) is 1.49. The fourth-order valence-corrected chi connectivity index (χ4v) is 3.93. The molecule has 0 bridgehead atoms. The number of anilines is 1. The predicted molar refractivity (Wildman–Crippen MR) is 105 cm³/mol. The molecule has 1 atom stereocenters. The van der Waals surface area contributed by atoms with Gasteiger partial charge in [0.1, 0.15) is 0 Å². The van der Waals surface area contributed by atoms with Crippen LogP contribution in [0.1, 0.15) is 18.8 Å². The van der Waals surface area contributed by atoms with Crippen molar-refractivity contribution in [3.05, 3.63) is 56.3 Å². The van der Waals surface area contributed by atoms with Gasteiger partial charge in [0, 0.05) is 12.0 Å². The summed E-state index contributed by atoms with van der Waals surface area (Å²) in [4.78, 5) is 29.7. The number of nitrogens with one attached hydrogen (secondary N) is 1. The van der Waals surface area contributed by atoms with Crippen LogP contribution in [0.15, 0.2) is 50.8 Å². The van der Waals surface area contributed by atoms with Crippen molar-refractivity contribution >= 4 is 45.9 Å². The Balaban J connectivity index is 2.10. The van der Waals surface area contributed by atoms with Gasteiger partial charge >= 0.3 is 17.4 Å². The van der Waals surface area contributed by atoms with Crippen molar-refractivity contribution in [3.8, 4) is 11.3 Å². The number of carbonyl (C=O) groups is 1. The lowest BCUT2D eigenvalue weighted by molar-refractivity contribution is -0.764. The van der Waals surface area contributed by atoms with Gasteiger partial charge in [0.05, 0.1) is 11.3 Å². The summed E-state index contributed by atoms with van der Waals surface area (Å²) in [5.74, 6) is 0.371. The number of thioether (sulfide) groups is 1. The van der Waals surface area contributed by atoms with Gasteiger partial charge in [-0.1, -0.05) is 23.9 Å². The van der Waals surface area contributed by atoms with Crippen LogP contribution < -0.4 is 15.1 Å². The average molecular weight is 481 g/mol. The van der Waals surface area contributed by atoms with E-state index in [0.717, 1.165) is 0 Å². The Hall–Kier alpha value is -2.14. The Morgan fingerprint density at radius 3 is 2.77 bits per heavy atom. The van der Waals surface area contributed by atoms with Crippen LogP contribution >= 0.6 is 34.4 Å². The third kappa shape index (κ3) is 2.65. The number of nitrogens with zero attached hydrogens (tertiary/aromatic N) is 3. The summed E-state index contributed by atoms with van der Waals surface area (Å²) >= 11 is 3.40. The summed E-state index contributed by atoms with van der Waals surface area (Å²) in [7, 11) is 0. The smallest absolute Gasteiger partial charge is 0.325 e. The van der Waals surface area contributed by atoms with Gasteiger partial charge in [-0.15, -0.1) is 0 Å². The van der Waals surface area contributed by atoms with E-state index in [1.165, 1.54) is 18.7 Å². The number of aromatic nitrogens is 3. The van der Waals surface area contributed by atoms with Crippen LogP contribution in [0.25, 0.3) is 11.3 Å². The second-order valence-electron chi connectivity index (χ2n) is 5.68. The number of fused-ring (bicyclic) bond motifs is 3. The van der Waals surface area contributed by atoms with Crippen LogP contribution in [0.4, 0.5) is 5.69 Å². The first-order valence-electron chi connectivity index (χ1n) is 7.76. The van der Waals surface area contributed by atoms with Gasteiger partial charge in [-0.05, 0) is 57.8 Å². The number of benzene rings is 1. The fourth-order valence-electron chi connectivity index (χ4n) is 3.13. The first-order chi connectivity index (χ1) is 12.5. The third-order valence-corrected chi connectivity index (χ3v) is 5.29. The first-order valence-corrected chi connectivity index (χ1v) is 10.1. The van der Waals surface area contributed by atoms with E-state index in [9.17, 15) is 9.59 Å². The van der Waals surface area contributed by atoms with Crippen LogP contribution in [-0.4, -0.2) is 22.2 Å². The monoisotopic (exact) mass is 481 g/mol. The van der Waals surface area contributed by atoms with Gasteiger partial charge in [0.25, 0.3) is 0 Å². The van der Waals surface area contributed by atoms with E-state index in [1.807, 2.05) is 36.6 Å². The maximum Gasteiger partial charge on any atom is 0.325 e. The van der Waals surface area contributed by atoms with Gasteiger partial charge < -0.3 is 4.42 Å². The van der Waals surface area contributed by atoms with Crippen molar-refractivity contribution in [1.29, 1.82) is 0 Å². The maximum absolute atomic E-state index is 12.8. The first kappa shape index (κ1) is 17.3. The van der Waals surface area contributed by atoms with E-state index >= 15 is 0 Å². The molecule has 3 aromatic rings. The minimum atomic E-state index is -0.672. The molecule has 0 fully saturated rings. The van der Waals surface area contributed by atoms with Crippen molar-refractivity contribution in [1.82, 2.24) is 10.1 Å². The molecular formula is C17H14IN4O3S+. The van der Waals surface area contributed by atoms with E-state index in [1.54, 1.807) is 15.6 Å². The number of carbonyl (C=O) groups excluding carboxylic acids is 1. The molecule has 3 heterocycles. The van der Waals surface area contributed by atoms with Crippen molar-refractivity contribution in [2.75, 3.05) is 11.2 Å². The van der Waals surface area contributed by atoms with Crippen molar-refractivity contribution in [2.24, 2.45) is 0 Å². The summed E-state index contributed by atoms with van der Waals surface area (Å²) < 4.78 is 8.07. The number of H-pyrrole nitrogens is 1. The second kappa shape index (κ2) is 6.54. The molecule has 0 unspecified atom stereocenters. The Kier molecular flexibility index (Phi) is 4.35. The van der Waals surface area contributed by atoms with Gasteiger partial charge in [-0.25, -0.2) is 4.90 Å². The maximum atomic E-state index is 12.8. The van der Waals surface area contributed by atoms with Gasteiger partial charge in [-0.2, -0.15) is 0 Å². The summed E-state index contributed by atoms with van der Waals surface area (Å²) in [6, 6.07) is 10.9.